The first-order valence-corrected chi connectivity index (χ1v) is 7.82. The van der Waals surface area contributed by atoms with Gasteiger partial charge in [0.15, 0.2) is 0 Å². The van der Waals surface area contributed by atoms with E-state index in [2.05, 4.69) is 10.5 Å². The van der Waals surface area contributed by atoms with E-state index in [0.29, 0.717) is 13.0 Å². The monoisotopic (exact) mass is 318 g/mol. The molecule has 114 valence electrons. The number of carbonyl (C=O) groups excluding carboxylic acids is 2. The van der Waals surface area contributed by atoms with Crippen molar-refractivity contribution in [2.45, 2.75) is 19.1 Å². The van der Waals surface area contributed by atoms with Crippen molar-refractivity contribution in [3.05, 3.63) is 47.7 Å². The number of thioether (sulfide) groups is 1. The van der Waals surface area contributed by atoms with Gasteiger partial charge in [-0.2, -0.15) is 0 Å². The highest BCUT2D eigenvalue weighted by molar-refractivity contribution is 8.14. The average Bonchev–Trinajstić information content (AvgIpc) is 3.16. The van der Waals surface area contributed by atoms with Gasteiger partial charge in [-0.3, -0.25) is 9.59 Å². The third-order valence-electron chi connectivity index (χ3n) is 3.18. The lowest BCUT2D eigenvalue weighted by Gasteiger charge is -2.07. The SMILES string of the molecule is O=C(NC1CCSC1=O)c1cc(OCc2ccccc2)no1. The van der Waals surface area contributed by atoms with Crippen molar-refractivity contribution in [3.8, 4) is 5.88 Å². The van der Waals surface area contributed by atoms with Crippen molar-refractivity contribution in [1.82, 2.24) is 10.5 Å². The lowest BCUT2D eigenvalue weighted by atomic mass is 10.2. The van der Waals surface area contributed by atoms with Gasteiger partial charge in [0.1, 0.15) is 6.61 Å². The van der Waals surface area contributed by atoms with Crippen molar-refractivity contribution >= 4 is 22.8 Å². The molecule has 0 spiro atoms. The molecule has 1 aliphatic rings. The zero-order chi connectivity index (χ0) is 15.4. The predicted molar refractivity (Wildman–Crippen MR) is 80.6 cm³/mol. The Hall–Kier alpha value is -2.28. The molecule has 7 heteroatoms. The molecule has 2 heterocycles. The van der Waals surface area contributed by atoms with E-state index in [1.807, 2.05) is 30.3 Å². The van der Waals surface area contributed by atoms with E-state index in [1.54, 1.807) is 0 Å². The number of ether oxygens (including phenoxy) is 1. The van der Waals surface area contributed by atoms with Crippen LogP contribution in [-0.2, 0) is 11.4 Å². The van der Waals surface area contributed by atoms with E-state index in [-0.39, 0.29) is 16.8 Å². The molecule has 1 aromatic carbocycles. The molecular formula is C15H14N2O4S. The minimum Gasteiger partial charge on any atom is -0.471 e. The molecule has 1 amide bonds. The topological polar surface area (TPSA) is 81.4 Å². The Labute approximate surface area is 131 Å². The zero-order valence-electron chi connectivity index (χ0n) is 11.7. The van der Waals surface area contributed by atoms with E-state index < -0.39 is 11.9 Å². The fourth-order valence-electron chi connectivity index (χ4n) is 2.02. The minimum absolute atomic E-state index is 0.0200. The van der Waals surface area contributed by atoms with Crippen LogP contribution in [0.15, 0.2) is 40.9 Å². The highest BCUT2D eigenvalue weighted by Crippen LogP contribution is 2.20. The molecule has 1 aliphatic heterocycles. The first-order valence-electron chi connectivity index (χ1n) is 6.83. The van der Waals surface area contributed by atoms with Gasteiger partial charge in [-0.05, 0) is 17.1 Å². The summed E-state index contributed by atoms with van der Waals surface area (Å²) in [4.78, 5) is 23.5. The molecule has 1 aromatic heterocycles. The Kier molecular flexibility index (Phi) is 4.43. The Morgan fingerprint density at radius 3 is 2.95 bits per heavy atom. The number of hydrogen-bond acceptors (Lipinski definition) is 6. The summed E-state index contributed by atoms with van der Waals surface area (Å²) in [6.45, 7) is 0.339. The summed E-state index contributed by atoms with van der Waals surface area (Å²) in [6.07, 6.45) is 0.640. The van der Waals surface area contributed by atoms with Crippen LogP contribution in [0.25, 0.3) is 0 Å². The third-order valence-corrected chi connectivity index (χ3v) is 4.19. The maximum Gasteiger partial charge on any atom is 0.290 e. The molecule has 0 aliphatic carbocycles. The van der Waals surface area contributed by atoms with Crippen LogP contribution >= 0.6 is 11.8 Å². The van der Waals surface area contributed by atoms with Gasteiger partial charge in [-0.25, -0.2) is 0 Å². The molecule has 3 rings (SSSR count). The van der Waals surface area contributed by atoms with Crippen molar-refractivity contribution in [2.75, 3.05) is 5.75 Å². The van der Waals surface area contributed by atoms with Crippen molar-refractivity contribution in [3.63, 3.8) is 0 Å². The summed E-state index contributed by atoms with van der Waals surface area (Å²) in [5.41, 5.74) is 0.991. The van der Waals surface area contributed by atoms with E-state index >= 15 is 0 Å². The smallest absolute Gasteiger partial charge is 0.290 e. The largest absolute Gasteiger partial charge is 0.471 e. The molecule has 6 nitrogen and oxygen atoms in total. The second-order valence-corrected chi connectivity index (χ2v) is 5.89. The van der Waals surface area contributed by atoms with Crippen molar-refractivity contribution in [1.29, 1.82) is 0 Å². The fraction of sp³-hybridized carbons (Fsp3) is 0.267. The maximum atomic E-state index is 12.0. The summed E-state index contributed by atoms with van der Waals surface area (Å²) < 4.78 is 10.4. The number of aromatic nitrogens is 1. The molecule has 1 unspecified atom stereocenters. The van der Waals surface area contributed by atoms with Crippen LogP contribution in [0.2, 0.25) is 0 Å². The normalized spacial score (nSPS) is 17.5. The number of nitrogens with one attached hydrogen (secondary N) is 1. The number of amides is 1. The second kappa shape index (κ2) is 6.65. The lowest BCUT2D eigenvalue weighted by molar-refractivity contribution is -0.112. The predicted octanol–water partition coefficient (Wildman–Crippen LogP) is 2.02. The number of rotatable bonds is 5. The molecule has 0 bridgehead atoms. The van der Waals surface area contributed by atoms with Crippen molar-refractivity contribution in [2.24, 2.45) is 0 Å². The Balaban J connectivity index is 1.56. The molecule has 1 N–H and O–H groups in total. The summed E-state index contributed by atoms with van der Waals surface area (Å²) in [5, 5.41) is 6.31. The van der Waals surface area contributed by atoms with Crippen LogP contribution in [0.4, 0.5) is 0 Å². The Morgan fingerprint density at radius 1 is 1.41 bits per heavy atom. The van der Waals surface area contributed by atoms with Gasteiger partial charge in [-0.15, -0.1) is 0 Å². The highest BCUT2D eigenvalue weighted by atomic mass is 32.2. The van der Waals surface area contributed by atoms with Gasteiger partial charge < -0.3 is 14.6 Å². The lowest BCUT2D eigenvalue weighted by Crippen LogP contribution is -2.36. The fourth-order valence-corrected chi connectivity index (χ4v) is 2.95. The number of hydrogen-bond donors (Lipinski definition) is 1. The zero-order valence-corrected chi connectivity index (χ0v) is 12.5. The van der Waals surface area contributed by atoms with Crippen molar-refractivity contribution < 1.29 is 18.8 Å². The van der Waals surface area contributed by atoms with Gasteiger partial charge >= 0.3 is 0 Å². The van der Waals surface area contributed by atoms with E-state index in [4.69, 9.17) is 9.26 Å². The van der Waals surface area contributed by atoms with Crippen LogP contribution in [0, 0.1) is 0 Å². The van der Waals surface area contributed by atoms with Gasteiger partial charge in [0.2, 0.25) is 10.9 Å². The molecule has 0 radical (unpaired) electrons. The molecule has 1 atom stereocenters. The van der Waals surface area contributed by atoms with Crippen LogP contribution in [-0.4, -0.2) is 28.0 Å². The summed E-state index contributed by atoms with van der Waals surface area (Å²) in [6, 6.07) is 10.6. The average molecular weight is 318 g/mol. The van der Waals surface area contributed by atoms with Crippen LogP contribution in [0.3, 0.4) is 0 Å². The summed E-state index contributed by atoms with van der Waals surface area (Å²) in [5.74, 6) is 0.544. The summed E-state index contributed by atoms with van der Waals surface area (Å²) in [7, 11) is 0. The van der Waals surface area contributed by atoms with Crippen LogP contribution in [0.5, 0.6) is 5.88 Å². The second-order valence-electron chi connectivity index (χ2n) is 4.79. The van der Waals surface area contributed by atoms with Crippen LogP contribution < -0.4 is 10.1 Å². The van der Waals surface area contributed by atoms with E-state index in [1.165, 1.54) is 17.8 Å². The summed E-state index contributed by atoms with van der Waals surface area (Å²) >= 11 is 1.23. The minimum atomic E-state index is -0.456. The number of nitrogens with zero attached hydrogens (tertiary/aromatic N) is 1. The quantitative estimate of drug-likeness (QED) is 0.908. The number of carbonyl (C=O) groups is 2. The first kappa shape index (κ1) is 14.6. The highest BCUT2D eigenvalue weighted by Gasteiger charge is 2.28. The Bertz CT molecular complexity index is 671. The maximum absolute atomic E-state index is 12.0. The van der Waals surface area contributed by atoms with Gasteiger partial charge in [-0.1, -0.05) is 42.1 Å². The van der Waals surface area contributed by atoms with Gasteiger partial charge in [0.25, 0.3) is 11.8 Å². The van der Waals surface area contributed by atoms with Gasteiger partial charge in [0, 0.05) is 5.75 Å². The molecule has 1 fully saturated rings. The Morgan fingerprint density at radius 2 is 2.23 bits per heavy atom. The number of benzene rings is 1. The first-order chi connectivity index (χ1) is 10.7. The van der Waals surface area contributed by atoms with E-state index in [0.717, 1.165) is 11.3 Å². The van der Waals surface area contributed by atoms with E-state index in [9.17, 15) is 9.59 Å². The molecule has 22 heavy (non-hydrogen) atoms. The van der Waals surface area contributed by atoms with Crippen LogP contribution in [0.1, 0.15) is 22.5 Å². The molecular weight excluding hydrogens is 304 g/mol. The molecule has 1 saturated heterocycles. The van der Waals surface area contributed by atoms with Gasteiger partial charge in [0.05, 0.1) is 12.1 Å². The molecule has 2 aromatic rings. The third kappa shape index (κ3) is 3.48. The molecule has 0 saturated carbocycles. The standard InChI is InChI=1S/C15H14N2O4S/c18-14(16-11-6-7-22-15(11)19)12-8-13(17-21-12)20-9-10-4-2-1-3-5-10/h1-5,8,11H,6-7,9H2,(H,16,18).